The number of ether oxygens (including phenoxy) is 1. The first-order valence-electron chi connectivity index (χ1n) is 9.11. The molecule has 0 spiro atoms. The smallest absolute Gasteiger partial charge is 0.137 e. The predicted octanol–water partition coefficient (Wildman–Crippen LogP) is 5.08. The van der Waals surface area contributed by atoms with Gasteiger partial charge in [0.1, 0.15) is 16.8 Å². The van der Waals surface area contributed by atoms with Crippen LogP contribution >= 0.6 is 11.3 Å². The second kappa shape index (κ2) is 7.15. The van der Waals surface area contributed by atoms with Crippen molar-refractivity contribution in [2.75, 3.05) is 0 Å². The minimum absolute atomic E-state index is 0.0319. The Morgan fingerprint density at radius 3 is 2.93 bits per heavy atom. The lowest BCUT2D eigenvalue weighted by atomic mass is 10.0. The van der Waals surface area contributed by atoms with Crippen LogP contribution in [0.3, 0.4) is 0 Å². The van der Waals surface area contributed by atoms with Crippen molar-refractivity contribution in [2.45, 2.75) is 38.8 Å². The first-order valence-corrected chi connectivity index (χ1v) is 9.93. The van der Waals surface area contributed by atoms with Gasteiger partial charge in [0.25, 0.3) is 0 Å². The minimum Gasteiger partial charge on any atom is -0.490 e. The van der Waals surface area contributed by atoms with Gasteiger partial charge < -0.3 is 10.5 Å². The molecule has 5 heteroatoms. The van der Waals surface area contributed by atoms with Gasteiger partial charge in [0.2, 0.25) is 0 Å². The Bertz CT molecular complexity index is 1030. The number of nitrogens with zero attached hydrogens (tertiary/aromatic N) is 2. The average Bonchev–Trinajstić information content (AvgIpc) is 3.29. The molecule has 0 radical (unpaired) electrons. The standard InChI is InChI=1S/C22H21N3OS/c1-13(2)26-20-9-6-14(10-15(20)11-23)21-12-25-22(27-21)18-5-3-4-17-16(18)7-8-19(17)24/h3-6,9-10,12-13,19H,7-8,24H2,1-2H3/t19-/m1/s1. The fourth-order valence-electron chi connectivity index (χ4n) is 3.55. The van der Waals surface area contributed by atoms with Gasteiger partial charge in [-0.3, -0.25) is 0 Å². The number of thiazole rings is 1. The molecule has 0 amide bonds. The van der Waals surface area contributed by atoms with Crippen LogP contribution in [0.5, 0.6) is 5.75 Å². The van der Waals surface area contributed by atoms with Crippen LogP contribution in [0.15, 0.2) is 42.6 Å². The molecule has 1 aliphatic carbocycles. The molecular formula is C22H21N3OS. The molecule has 0 aliphatic heterocycles. The molecule has 0 fully saturated rings. The van der Waals surface area contributed by atoms with E-state index in [4.69, 9.17) is 10.5 Å². The molecule has 27 heavy (non-hydrogen) atoms. The molecule has 4 rings (SSSR count). The van der Waals surface area contributed by atoms with E-state index >= 15 is 0 Å². The number of fused-ring (bicyclic) bond motifs is 1. The Morgan fingerprint density at radius 2 is 2.15 bits per heavy atom. The number of nitriles is 1. The van der Waals surface area contributed by atoms with Gasteiger partial charge in [-0.05, 0) is 61.6 Å². The van der Waals surface area contributed by atoms with Gasteiger partial charge in [0.05, 0.1) is 16.5 Å². The monoisotopic (exact) mass is 375 g/mol. The summed E-state index contributed by atoms with van der Waals surface area (Å²) in [6.07, 6.45) is 3.91. The fraction of sp³-hybridized carbons (Fsp3) is 0.273. The van der Waals surface area contributed by atoms with Crippen LogP contribution in [0.25, 0.3) is 21.0 Å². The lowest BCUT2D eigenvalue weighted by Gasteiger charge is -2.11. The van der Waals surface area contributed by atoms with Gasteiger partial charge in [0, 0.05) is 17.8 Å². The highest BCUT2D eigenvalue weighted by atomic mass is 32.1. The summed E-state index contributed by atoms with van der Waals surface area (Å²) in [4.78, 5) is 5.69. The van der Waals surface area contributed by atoms with Crippen LogP contribution in [0.4, 0.5) is 0 Å². The van der Waals surface area contributed by atoms with E-state index in [1.807, 2.05) is 38.2 Å². The van der Waals surface area contributed by atoms with E-state index in [0.29, 0.717) is 11.3 Å². The van der Waals surface area contributed by atoms with E-state index in [1.54, 1.807) is 11.3 Å². The third kappa shape index (κ3) is 3.34. The molecule has 1 aliphatic rings. The van der Waals surface area contributed by atoms with Crippen LogP contribution in [0, 0.1) is 11.3 Å². The first-order chi connectivity index (χ1) is 13.1. The number of hydrogen-bond donors (Lipinski definition) is 1. The van der Waals surface area contributed by atoms with Crippen molar-refractivity contribution >= 4 is 11.3 Å². The summed E-state index contributed by atoms with van der Waals surface area (Å²) >= 11 is 1.64. The predicted molar refractivity (Wildman–Crippen MR) is 109 cm³/mol. The van der Waals surface area contributed by atoms with Crippen LogP contribution in [-0.4, -0.2) is 11.1 Å². The van der Waals surface area contributed by atoms with E-state index in [-0.39, 0.29) is 12.1 Å². The molecule has 3 aromatic rings. The van der Waals surface area contributed by atoms with Crippen LogP contribution in [0.1, 0.15) is 43.0 Å². The highest BCUT2D eigenvalue weighted by molar-refractivity contribution is 7.18. The van der Waals surface area contributed by atoms with Gasteiger partial charge in [0.15, 0.2) is 0 Å². The minimum atomic E-state index is 0.0319. The molecule has 1 heterocycles. The lowest BCUT2D eigenvalue weighted by molar-refractivity contribution is 0.242. The summed E-state index contributed by atoms with van der Waals surface area (Å²) < 4.78 is 5.72. The first kappa shape index (κ1) is 17.7. The second-order valence-electron chi connectivity index (χ2n) is 7.04. The second-order valence-corrected chi connectivity index (χ2v) is 8.07. The van der Waals surface area contributed by atoms with Gasteiger partial charge >= 0.3 is 0 Å². The molecule has 4 nitrogen and oxygen atoms in total. The molecule has 2 N–H and O–H groups in total. The maximum absolute atomic E-state index is 9.46. The zero-order valence-electron chi connectivity index (χ0n) is 15.4. The Morgan fingerprint density at radius 1 is 1.30 bits per heavy atom. The van der Waals surface area contributed by atoms with Crippen LogP contribution in [-0.2, 0) is 6.42 Å². The van der Waals surface area contributed by atoms with Crippen LogP contribution in [0.2, 0.25) is 0 Å². The maximum Gasteiger partial charge on any atom is 0.137 e. The molecule has 0 bridgehead atoms. The van der Waals surface area contributed by atoms with Gasteiger partial charge in [-0.15, -0.1) is 11.3 Å². The molecular weight excluding hydrogens is 354 g/mol. The number of rotatable bonds is 4. The Kier molecular flexibility index (Phi) is 4.69. The van der Waals surface area contributed by atoms with Gasteiger partial charge in [-0.1, -0.05) is 18.2 Å². The Balaban J connectivity index is 1.69. The third-order valence-corrected chi connectivity index (χ3v) is 5.88. The average molecular weight is 375 g/mol. The van der Waals surface area contributed by atoms with Crippen molar-refractivity contribution in [1.29, 1.82) is 5.26 Å². The summed E-state index contributed by atoms with van der Waals surface area (Å²) in [5.41, 5.74) is 11.5. The lowest BCUT2D eigenvalue weighted by Crippen LogP contribution is -2.06. The highest BCUT2D eigenvalue weighted by Gasteiger charge is 2.23. The Labute approximate surface area is 163 Å². The SMILES string of the molecule is CC(C)Oc1ccc(-c2cnc(-c3cccc4c3CC[C@H]4N)s2)cc1C#N. The highest BCUT2D eigenvalue weighted by Crippen LogP contribution is 2.40. The molecule has 0 saturated heterocycles. The number of benzene rings is 2. The molecule has 1 aromatic heterocycles. The summed E-state index contributed by atoms with van der Waals surface area (Å²) in [5, 5.41) is 10.5. The summed E-state index contributed by atoms with van der Waals surface area (Å²) in [7, 11) is 0. The summed E-state index contributed by atoms with van der Waals surface area (Å²) in [5.74, 6) is 0.621. The van der Waals surface area contributed by atoms with Crippen LogP contribution < -0.4 is 10.5 Å². The number of hydrogen-bond acceptors (Lipinski definition) is 5. The molecule has 136 valence electrons. The third-order valence-electron chi connectivity index (χ3n) is 4.80. The summed E-state index contributed by atoms with van der Waals surface area (Å²) in [6.45, 7) is 3.91. The van der Waals surface area contributed by atoms with Gasteiger partial charge in [-0.2, -0.15) is 5.26 Å². The fourth-order valence-corrected chi connectivity index (χ4v) is 4.51. The van der Waals surface area contributed by atoms with Crippen molar-refractivity contribution in [2.24, 2.45) is 5.73 Å². The molecule has 0 unspecified atom stereocenters. The maximum atomic E-state index is 9.46. The van der Waals surface area contributed by atoms with Crippen molar-refractivity contribution in [3.05, 3.63) is 59.3 Å². The largest absolute Gasteiger partial charge is 0.490 e. The van der Waals surface area contributed by atoms with E-state index in [9.17, 15) is 5.26 Å². The zero-order valence-corrected chi connectivity index (χ0v) is 16.2. The number of aromatic nitrogens is 1. The van der Waals surface area contributed by atoms with Crippen molar-refractivity contribution in [3.63, 3.8) is 0 Å². The molecule has 1 atom stereocenters. The topological polar surface area (TPSA) is 71.9 Å². The van der Waals surface area contributed by atoms with E-state index in [0.717, 1.165) is 28.3 Å². The zero-order chi connectivity index (χ0) is 19.0. The van der Waals surface area contributed by atoms with Crippen molar-refractivity contribution in [3.8, 4) is 32.8 Å². The number of nitrogens with two attached hydrogens (primary N) is 1. The molecule has 2 aromatic carbocycles. The van der Waals surface area contributed by atoms with E-state index < -0.39 is 0 Å². The Hall–Kier alpha value is -2.68. The quantitative estimate of drug-likeness (QED) is 0.690. The summed E-state index contributed by atoms with van der Waals surface area (Å²) in [6, 6.07) is 14.4. The van der Waals surface area contributed by atoms with E-state index in [2.05, 4.69) is 29.3 Å². The van der Waals surface area contributed by atoms with Crippen molar-refractivity contribution < 1.29 is 4.74 Å². The normalized spacial score (nSPS) is 15.6. The van der Waals surface area contributed by atoms with Gasteiger partial charge in [-0.25, -0.2) is 4.98 Å². The molecule has 0 saturated carbocycles. The van der Waals surface area contributed by atoms with Crippen molar-refractivity contribution in [1.82, 2.24) is 4.98 Å². The van der Waals surface area contributed by atoms with E-state index in [1.165, 1.54) is 16.7 Å².